The van der Waals surface area contributed by atoms with Crippen LogP contribution in [0.2, 0.25) is 0 Å². The third kappa shape index (κ3) is 2.27. The van der Waals surface area contributed by atoms with Gasteiger partial charge in [0, 0.05) is 31.5 Å². The molecule has 2 aromatic rings. The Labute approximate surface area is 117 Å². The van der Waals surface area contributed by atoms with Crippen molar-refractivity contribution in [2.24, 2.45) is 0 Å². The SMILES string of the molecule is CCCN(C(=O)c1cnn2ccncc12)C1CCNC1. The van der Waals surface area contributed by atoms with Crippen LogP contribution in [0.3, 0.4) is 0 Å². The highest BCUT2D eigenvalue weighted by Crippen LogP contribution is 2.17. The van der Waals surface area contributed by atoms with Crippen molar-refractivity contribution in [2.45, 2.75) is 25.8 Å². The van der Waals surface area contributed by atoms with Gasteiger partial charge in [0.2, 0.25) is 0 Å². The number of nitrogens with one attached hydrogen (secondary N) is 1. The molecule has 0 saturated carbocycles. The summed E-state index contributed by atoms with van der Waals surface area (Å²) in [5.74, 6) is 0.0588. The van der Waals surface area contributed by atoms with E-state index in [1.54, 1.807) is 29.3 Å². The van der Waals surface area contributed by atoms with Crippen molar-refractivity contribution in [1.82, 2.24) is 24.8 Å². The van der Waals surface area contributed by atoms with E-state index in [1.807, 2.05) is 4.90 Å². The number of nitrogens with zero attached hydrogens (tertiary/aromatic N) is 4. The van der Waals surface area contributed by atoms with E-state index >= 15 is 0 Å². The van der Waals surface area contributed by atoms with Gasteiger partial charge < -0.3 is 10.2 Å². The molecule has 2 aromatic heterocycles. The summed E-state index contributed by atoms with van der Waals surface area (Å²) in [5.41, 5.74) is 1.41. The molecular weight excluding hydrogens is 254 g/mol. The predicted molar refractivity (Wildman–Crippen MR) is 75.6 cm³/mol. The Morgan fingerprint density at radius 1 is 1.55 bits per heavy atom. The highest BCUT2D eigenvalue weighted by atomic mass is 16.2. The first-order valence-corrected chi connectivity index (χ1v) is 7.10. The van der Waals surface area contributed by atoms with Crippen molar-refractivity contribution in [3.8, 4) is 0 Å². The van der Waals surface area contributed by atoms with Gasteiger partial charge in [0.15, 0.2) is 0 Å². The van der Waals surface area contributed by atoms with Gasteiger partial charge >= 0.3 is 0 Å². The minimum absolute atomic E-state index is 0.0588. The molecule has 1 atom stereocenters. The Morgan fingerprint density at radius 3 is 3.20 bits per heavy atom. The van der Waals surface area contributed by atoms with E-state index in [0.717, 1.165) is 38.0 Å². The molecule has 1 fully saturated rings. The number of rotatable bonds is 4. The van der Waals surface area contributed by atoms with Crippen LogP contribution in [0, 0.1) is 0 Å². The van der Waals surface area contributed by atoms with E-state index in [-0.39, 0.29) is 11.9 Å². The molecule has 106 valence electrons. The Morgan fingerprint density at radius 2 is 2.45 bits per heavy atom. The molecule has 1 N–H and O–H groups in total. The van der Waals surface area contributed by atoms with E-state index < -0.39 is 0 Å². The molecule has 0 radical (unpaired) electrons. The Balaban J connectivity index is 1.92. The van der Waals surface area contributed by atoms with Crippen molar-refractivity contribution in [3.63, 3.8) is 0 Å². The normalized spacial score (nSPS) is 18.6. The molecule has 0 spiro atoms. The van der Waals surface area contributed by atoms with Crippen LogP contribution in [0.15, 0.2) is 24.8 Å². The van der Waals surface area contributed by atoms with Gasteiger partial charge in [-0.2, -0.15) is 5.10 Å². The van der Waals surface area contributed by atoms with E-state index in [2.05, 4.69) is 22.3 Å². The maximum absolute atomic E-state index is 12.8. The fourth-order valence-electron chi connectivity index (χ4n) is 2.75. The molecule has 1 amide bonds. The number of hydrogen-bond acceptors (Lipinski definition) is 4. The molecule has 1 aliphatic rings. The van der Waals surface area contributed by atoms with Gasteiger partial charge in [-0.3, -0.25) is 9.78 Å². The first-order valence-electron chi connectivity index (χ1n) is 7.10. The molecule has 3 heterocycles. The third-order valence-electron chi connectivity index (χ3n) is 3.76. The minimum atomic E-state index is 0.0588. The summed E-state index contributed by atoms with van der Waals surface area (Å²) >= 11 is 0. The summed E-state index contributed by atoms with van der Waals surface area (Å²) in [5, 5.41) is 7.54. The quantitative estimate of drug-likeness (QED) is 0.900. The molecule has 0 aliphatic carbocycles. The monoisotopic (exact) mass is 273 g/mol. The number of aromatic nitrogens is 3. The highest BCUT2D eigenvalue weighted by Gasteiger charge is 2.28. The van der Waals surface area contributed by atoms with Crippen LogP contribution in [0.5, 0.6) is 0 Å². The fourth-order valence-corrected chi connectivity index (χ4v) is 2.75. The Bertz CT molecular complexity index is 602. The Kier molecular flexibility index (Phi) is 3.64. The summed E-state index contributed by atoms with van der Waals surface area (Å²) in [7, 11) is 0. The van der Waals surface area contributed by atoms with Crippen LogP contribution >= 0.6 is 0 Å². The molecule has 6 heteroatoms. The average molecular weight is 273 g/mol. The molecule has 3 rings (SSSR count). The van der Waals surface area contributed by atoms with E-state index in [0.29, 0.717) is 5.56 Å². The second-order valence-electron chi connectivity index (χ2n) is 5.11. The lowest BCUT2D eigenvalue weighted by Crippen LogP contribution is -2.42. The van der Waals surface area contributed by atoms with E-state index in [1.165, 1.54) is 0 Å². The maximum atomic E-state index is 12.8. The van der Waals surface area contributed by atoms with Crippen molar-refractivity contribution in [3.05, 3.63) is 30.4 Å². The second-order valence-corrected chi connectivity index (χ2v) is 5.11. The van der Waals surface area contributed by atoms with Crippen LogP contribution < -0.4 is 5.32 Å². The van der Waals surface area contributed by atoms with Crippen molar-refractivity contribution >= 4 is 11.4 Å². The van der Waals surface area contributed by atoms with Crippen LogP contribution in [-0.4, -0.2) is 51.1 Å². The zero-order valence-corrected chi connectivity index (χ0v) is 11.6. The van der Waals surface area contributed by atoms with Gasteiger partial charge in [-0.25, -0.2) is 4.52 Å². The summed E-state index contributed by atoms with van der Waals surface area (Å²) in [6.07, 6.45) is 8.73. The summed E-state index contributed by atoms with van der Waals surface area (Å²) in [6.45, 7) is 4.74. The molecule has 1 saturated heterocycles. The van der Waals surface area contributed by atoms with Gasteiger partial charge in [-0.05, 0) is 19.4 Å². The van der Waals surface area contributed by atoms with Crippen molar-refractivity contribution in [2.75, 3.05) is 19.6 Å². The smallest absolute Gasteiger partial charge is 0.258 e. The molecular formula is C14H19N5O. The maximum Gasteiger partial charge on any atom is 0.258 e. The van der Waals surface area contributed by atoms with E-state index in [9.17, 15) is 4.79 Å². The first-order chi connectivity index (χ1) is 9.81. The zero-order chi connectivity index (χ0) is 13.9. The number of amides is 1. The lowest BCUT2D eigenvalue weighted by molar-refractivity contribution is 0.0694. The summed E-state index contributed by atoms with van der Waals surface area (Å²) < 4.78 is 1.69. The van der Waals surface area contributed by atoms with Crippen LogP contribution in [0.25, 0.3) is 5.52 Å². The molecule has 6 nitrogen and oxygen atoms in total. The molecule has 0 aromatic carbocycles. The Hall–Kier alpha value is -1.95. The number of hydrogen-bond donors (Lipinski definition) is 1. The topological polar surface area (TPSA) is 62.5 Å². The number of carbonyl (C=O) groups is 1. The second kappa shape index (κ2) is 5.58. The minimum Gasteiger partial charge on any atom is -0.334 e. The van der Waals surface area contributed by atoms with Gasteiger partial charge in [-0.1, -0.05) is 6.92 Å². The van der Waals surface area contributed by atoms with Crippen LogP contribution in [0.4, 0.5) is 0 Å². The first kappa shape index (κ1) is 13.1. The fraction of sp³-hybridized carbons (Fsp3) is 0.500. The van der Waals surface area contributed by atoms with Crippen molar-refractivity contribution in [1.29, 1.82) is 0 Å². The van der Waals surface area contributed by atoms with Gasteiger partial charge in [0.1, 0.15) is 0 Å². The summed E-state index contributed by atoms with van der Waals surface area (Å²) in [6, 6.07) is 0.286. The standard InChI is InChI=1S/C14H19N5O/c1-2-6-18(11-3-4-15-8-11)14(20)12-9-17-19-7-5-16-10-13(12)19/h5,7,9-11,15H,2-4,6,8H2,1H3. The van der Waals surface area contributed by atoms with Gasteiger partial charge in [0.25, 0.3) is 5.91 Å². The molecule has 0 bridgehead atoms. The number of fused-ring (bicyclic) bond motifs is 1. The largest absolute Gasteiger partial charge is 0.334 e. The lowest BCUT2D eigenvalue weighted by Gasteiger charge is -2.27. The van der Waals surface area contributed by atoms with Crippen molar-refractivity contribution < 1.29 is 4.79 Å². The molecule has 20 heavy (non-hydrogen) atoms. The number of carbonyl (C=O) groups excluding carboxylic acids is 1. The average Bonchev–Trinajstić information content (AvgIpc) is 3.13. The van der Waals surface area contributed by atoms with Crippen LogP contribution in [-0.2, 0) is 0 Å². The molecule has 1 unspecified atom stereocenters. The van der Waals surface area contributed by atoms with Gasteiger partial charge in [0.05, 0.1) is 23.5 Å². The van der Waals surface area contributed by atoms with Gasteiger partial charge in [-0.15, -0.1) is 0 Å². The third-order valence-corrected chi connectivity index (χ3v) is 3.76. The predicted octanol–water partition coefficient (Wildman–Crippen LogP) is 0.943. The summed E-state index contributed by atoms with van der Waals surface area (Å²) in [4.78, 5) is 18.9. The highest BCUT2D eigenvalue weighted by molar-refractivity contribution is 6.00. The zero-order valence-electron chi connectivity index (χ0n) is 11.6. The lowest BCUT2D eigenvalue weighted by atomic mass is 10.1. The van der Waals surface area contributed by atoms with E-state index in [4.69, 9.17) is 0 Å². The van der Waals surface area contributed by atoms with Crippen LogP contribution in [0.1, 0.15) is 30.1 Å². The molecule has 1 aliphatic heterocycles.